The number of nitrogens with zero attached hydrogens (tertiary/aromatic N) is 3. The lowest BCUT2D eigenvalue weighted by molar-refractivity contribution is 1.25. The molecule has 0 atom stereocenters. The summed E-state index contributed by atoms with van der Waals surface area (Å²) in [5.41, 5.74) is 5.70. The zero-order chi connectivity index (χ0) is 11.2. The molecule has 0 fully saturated rings. The maximum Gasteiger partial charge on any atom is 0.201 e. The number of nitrogens with two attached hydrogens (primary N) is 1. The molecule has 0 amide bonds. The number of anilines is 1. The third kappa shape index (κ3) is 2.78. The summed E-state index contributed by atoms with van der Waals surface area (Å²) in [5, 5.41) is 2.87. The molecule has 16 heavy (non-hydrogen) atoms. The van der Waals surface area contributed by atoms with Crippen LogP contribution in [0.4, 0.5) is 11.6 Å². The van der Waals surface area contributed by atoms with Gasteiger partial charge in [-0.2, -0.15) is 4.99 Å². The van der Waals surface area contributed by atoms with Crippen molar-refractivity contribution < 1.29 is 0 Å². The highest BCUT2D eigenvalue weighted by Gasteiger charge is 1.95. The number of hydrogen-bond donors (Lipinski definition) is 2. The van der Waals surface area contributed by atoms with Crippen molar-refractivity contribution in [3.05, 3.63) is 48.8 Å². The number of pyridine rings is 2. The largest absolute Gasteiger partial charge is 0.369 e. The van der Waals surface area contributed by atoms with Gasteiger partial charge in [-0.3, -0.25) is 0 Å². The van der Waals surface area contributed by atoms with Gasteiger partial charge in [0.2, 0.25) is 5.96 Å². The molecule has 5 heteroatoms. The van der Waals surface area contributed by atoms with Gasteiger partial charge in [-0.1, -0.05) is 12.1 Å². The molecule has 0 aliphatic heterocycles. The van der Waals surface area contributed by atoms with Gasteiger partial charge in [0.05, 0.1) is 0 Å². The van der Waals surface area contributed by atoms with Crippen LogP contribution in [0.15, 0.2) is 53.8 Å². The Kier molecular flexibility index (Phi) is 3.08. The topological polar surface area (TPSA) is 76.2 Å². The standard InChI is InChI=1S/C11H11N5/c12-11(15-9-5-1-3-7-13-9)16-10-6-2-4-8-14-10/h1-8H,(H3,12,13,14,15,16). The molecular weight excluding hydrogens is 202 g/mol. The van der Waals surface area contributed by atoms with Crippen LogP contribution < -0.4 is 11.1 Å². The lowest BCUT2D eigenvalue weighted by atomic mass is 10.4. The van der Waals surface area contributed by atoms with Crippen LogP contribution in [0.5, 0.6) is 0 Å². The zero-order valence-corrected chi connectivity index (χ0v) is 8.54. The third-order valence-electron chi connectivity index (χ3n) is 1.81. The van der Waals surface area contributed by atoms with Gasteiger partial charge in [0, 0.05) is 12.4 Å². The van der Waals surface area contributed by atoms with Crippen molar-refractivity contribution in [1.82, 2.24) is 9.97 Å². The number of aromatic nitrogens is 2. The monoisotopic (exact) mass is 213 g/mol. The van der Waals surface area contributed by atoms with Gasteiger partial charge in [-0.05, 0) is 24.3 Å². The Labute approximate surface area is 93.1 Å². The van der Waals surface area contributed by atoms with Gasteiger partial charge in [0.15, 0.2) is 5.82 Å². The maximum atomic E-state index is 5.70. The van der Waals surface area contributed by atoms with Crippen molar-refractivity contribution in [1.29, 1.82) is 0 Å². The molecule has 3 N–H and O–H groups in total. The Bertz CT molecular complexity index is 466. The highest BCUT2D eigenvalue weighted by molar-refractivity contribution is 5.92. The predicted molar refractivity (Wildman–Crippen MR) is 63.4 cm³/mol. The van der Waals surface area contributed by atoms with Crippen LogP contribution in [0, 0.1) is 0 Å². The van der Waals surface area contributed by atoms with Crippen molar-refractivity contribution >= 4 is 17.6 Å². The first kappa shape index (κ1) is 10.1. The molecule has 0 aliphatic rings. The van der Waals surface area contributed by atoms with Crippen molar-refractivity contribution in [3.8, 4) is 0 Å². The summed E-state index contributed by atoms with van der Waals surface area (Å²) in [6, 6.07) is 10.9. The molecule has 2 heterocycles. The average molecular weight is 213 g/mol. The van der Waals surface area contributed by atoms with Gasteiger partial charge in [0.25, 0.3) is 0 Å². The first-order chi connectivity index (χ1) is 7.84. The summed E-state index contributed by atoms with van der Waals surface area (Å²) in [7, 11) is 0. The van der Waals surface area contributed by atoms with E-state index in [2.05, 4.69) is 20.3 Å². The van der Waals surface area contributed by atoms with E-state index in [0.29, 0.717) is 11.6 Å². The fourth-order valence-corrected chi connectivity index (χ4v) is 1.14. The van der Waals surface area contributed by atoms with E-state index in [1.54, 1.807) is 24.5 Å². The summed E-state index contributed by atoms with van der Waals surface area (Å²) in [4.78, 5) is 12.2. The predicted octanol–water partition coefficient (Wildman–Crippen LogP) is 1.53. The number of hydrogen-bond acceptors (Lipinski definition) is 3. The highest BCUT2D eigenvalue weighted by atomic mass is 15.1. The molecule has 0 saturated carbocycles. The van der Waals surface area contributed by atoms with Crippen molar-refractivity contribution in [3.63, 3.8) is 0 Å². The van der Waals surface area contributed by atoms with E-state index >= 15 is 0 Å². The third-order valence-corrected chi connectivity index (χ3v) is 1.81. The maximum absolute atomic E-state index is 5.70. The molecule has 2 aromatic heterocycles. The number of rotatable bonds is 2. The van der Waals surface area contributed by atoms with E-state index in [0.717, 1.165) is 0 Å². The molecule has 0 saturated heterocycles. The summed E-state index contributed by atoms with van der Waals surface area (Å²) in [5.74, 6) is 1.47. The van der Waals surface area contributed by atoms with Gasteiger partial charge >= 0.3 is 0 Å². The van der Waals surface area contributed by atoms with E-state index in [9.17, 15) is 0 Å². The average Bonchev–Trinajstić information content (AvgIpc) is 2.31. The number of nitrogens with one attached hydrogen (secondary N) is 1. The molecular formula is C11H11N5. The van der Waals surface area contributed by atoms with Crippen LogP contribution in [-0.4, -0.2) is 15.9 Å². The summed E-state index contributed by atoms with van der Waals surface area (Å²) in [6.45, 7) is 0. The van der Waals surface area contributed by atoms with Crippen LogP contribution in [0.2, 0.25) is 0 Å². The summed E-state index contributed by atoms with van der Waals surface area (Å²) in [6.07, 6.45) is 3.34. The molecule has 2 rings (SSSR count). The number of aliphatic imine (C=N–C) groups is 1. The number of guanidine groups is 1. The van der Waals surface area contributed by atoms with Crippen LogP contribution in [0.1, 0.15) is 0 Å². The molecule has 5 nitrogen and oxygen atoms in total. The second kappa shape index (κ2) is 4.88. The molecule has 0 unspecified atom stereocenters. The SMILES string of the molecule is N/C(=N\c1ccccn1)Nc1ccccn1. The van der Waals surface area contributed by atoms with Crippen molar-refractivity contribution in [2.24, 2.45) is 10.7 Å². The second-order valence-corrected chi connectivity index (χ2v) is 3.02. The Hall–Kier alpha value is -2.43. The molecule has 0 aliphatic carbocycles. The minimum absolute atomic E-state index is 0.261. The van der Waals surface area contributed by atoms with Crippen LogP contribution >= 0.6 is 0 Å². The van der Waals surface area contributed by atoms with E-state index < -0.39 is 0 Å². The molecule has 0 aromatic carbocycles. The van der Waals surface area contributed by atoms with Gasteiger partial charge in [-0.15, -0.1) is 0 Å². The van der Waals surface area contributed by atoms with E-state index in [-0.39, 0.29) is 5.96 Å². The van der Waals surface area contributed by atoms with Crippen molar-refractivity contribution in [2.45, 2.75) is 0 Å². The van der Waals surface area contributed by atoms with E-state index in [1.807, 2.05) is 24.3 Å². The molecule has 0 radical (unpaired) electrons. The van der Waals surface area contributed by atoms with Gasteiger partial charge in [-0.25, -0.2) is 9.97 Å². The Balaban J connectivity index is 2.09. The fourth-order valence-electron chi connectivity index (χ4n) is 1.14. The Morgan fingerprint density at radius 1 is 1.06 bits per heavy atom. The Morgan fingerprint density at radius 3 is 2.44 bits per heavy atom. The second-order valence-electron chi connectivity index (χ2n) is 3.02. The lowest BCUT2D eigenvalue weighted by Crippen LogP contribution is -2.22. The van der Waals surface area contributed by atoms with Gasteiger partial charge < -0.3 is 11.1 Å². The van der Waals surface area contributed by atoms with Crippen LogP contribution in [0.3, 0.4) is 0 Å². The van der Waals surface area contributed by atoms with Crippen LogP contribution in [-0.2, 0) is 0 Å². The zero-order valence-electron chi connectivity index (χ0n) is 8.54. The normalized spacial score (nSPS) is 11.1. The molecule has 2 aromatic rings. The van der Waals surface area contributed by atoms with E-state index in [1.165, 1.54) is 0 Å². The first-order valence-electron chi connectivity index (χ1n) is 4.78. The van der Waals surface area contributed by atoms with E-state index in [4.69, 9.17) is 5.73 Å². The fraction of sp³-hybridized carbons (Fsp3) is 0. The molecule has 0 spiro atoms. The minimum Gasteiger partial charge on any atom is -0.369 e. The van der Waals surface area contributed by atoms with Crippen molar-refractivity contribution in [2.75, 3.05) is 5.32 Å². The summed E-state index contributed by atoms with van der Waals surface area (Å²) >= 11 is 0. The minimum atomic E-state index is 0.261. The summed E-state index contributed by atoms with van der Waals surface area (Å²) < 4.78 is 0. The molecule has 80 valence electrons. The van der Waals surface area contributed by atoms with Crippen LogP contribution in [0.25, 0.3) is 0 Å². The quantitative estimate of drug-likeness (QED) is 0.586. The highest BCUT2D eigenvalue weighted by Crippen LogP contribution is 2.05. The molecule has 0 bridgehead atoms. The Morgan fingerprint density at radius 2 is 1.81 bits per heavy atom. The first-order valence-corrected chi connectivity index (χ1v) is 4.78. The smallest absolute Gasteiger partial charge is 0.201 e. The lowest BCUT2D eigenvalue weighted by Gasteiger charge is -2.03. The van der Waals surface area contributed by atoms with Gasteiger partial charge in [0.1, 0.15) is 5.82 Å².